The van der Waals surface area contributed by atoms with Gasteiger partial charge in [0.1, 0.15) is 17.3 Å². The standard InChI is InChI=1S/C21H22FN5O2/c1-25-9-11-26(12-10-25)21(28)18-14-27(17-6-4-16(22)5-7-17)20(24-18)15-3-8-19(29-2)23-13-15/h3-8,13-14H,9-12H2,1-2H3. The lowest BCUT2D eigenvalue weighted by Gasteiger charge is -2.31. The molecular weight excluding hydrogens is 373 g/mol. The Morgan fingerprint density at radius 2 is 1.79 bits per heavy atom. The van der Waals surface area contributed by atoms with Crippen molar-refractivity contribution >= 4 is 5.91 Å². The maximum Gasteiger partial charge on any atom is 0.274 e. The maximum absolute atomic E-state index is 13.4. The molecule has 1 aliphatic heterocycles. The van der Waals surface area contributed by atoms with Gasteiger partial charge >= 0.3 is 0 Å². The van der Waals surface area contributed by atoms with Gasteiger partial charge in [-0.15, -0.1) is 0 Å². The van der Waals surface area contributed by atoms with Crippen molar-refractivity contribution < 1.29 is 13.9 Å². The number of carbonyl (C=O) groups is 1. The number of aromatic nitrogens is 3. The summed E-state index contributed by atoms with van der Waals surface area (Å²) < 4.78 is 20.3. The fraction of sp³-hybridized carbons (Fsp3) is 0.286. The first-order chi connectivity index (χ1) is 14.0. The molecule has 4 rings (SSSR count). The zero-order valence-corrected chi connectivity index (χ0v) is 16.4. The number of carbonyl (C=O) groups excluding carboxylic acids is 1. The first kappa shape index (κ1) is 19.1. The molecule has 1 fully saturated rings. The number of ether oxygens (including phenoxy) is 1. The monoisotopic (exact) mass is 395 g/mol. The first-order valence-corrected chi connectivity index (χ1v) is 9.39. The highest BCUT2D eigenvalue weighted by molar-refractivity contribution is 5.93. The molecule has 0 unspecified atom stereocenters. The molecule has 0 radical (unpaired) electrons. The molecule has 1 aliphatic rings. The molecule has 150 valence electrons. The van der Waals surface area contributed by atoms with Crippen LogP contribution in [0.2, 0.25) is 0 Å². The van der Waals surface area contributed by atoms with Gasteiger partial charge in [-0.2, -0.15) is 0 Å². The van der Waals surface area contributed by atoms with E-state index < -0.39 is 0 Å². The van der Waals surface area contributed by atoms with E-state index in [1.165, 1.54) is 12.1 Å². The van der Waals surface area contributed by atoms with Gasteiger partial charge in [-0.05, 0) is 37.4 Å². The molecule has 1 aromatic carbocycles. The molecule has 0 spiro atoms. The third-order valence-corrected chi connectivity index (χ3v) is 5.02. The van der Waals surface area contributed by atoms with Gasteiger partial charge in [0.25, 0.3) is 5.91 Å². The average Bonchev–Trinajstić information content (AvgIpc) is 3.20. The Morgan fingerprint density at radius 1 is 1.07 bits per heavy atom. The third-order valence-electron chi connectivity index (χ3n) is 5.02. The minimum Gasteiger partial charge on any atom is -0.481 e. The molecule has 0 saturated carbocycles. The second-order valence-corrected chi connectivity index (χ2v) is 6.98. The first-order valence-electron chi connectivity index (χ1n) is 9.39. The molecule has 2 aromatic heterocycles. The van der Waals surface area contributed by atoms with Crippen molar-refractivity contribution in [2.75, 3.05) is 40.3 Å². The largest absolute Gasteiger partial charge is 0.481 e. The average molecular weight is 395 g/mol. The highest BCUT2D eigenvalue weighted by atomic mass is 19.1. The smallest absolute Gasteiger partial charge is 0.274 e. The fourth-order valence-electron chi connectivity index (χ4n) is 3.29. The summed E-state index contributed by atoms with van der Waals surface area (Å²) in [6.45, 7) is 3.00. The number of hydrogen-bond donors (Lipinski definition) is 0. The lowest BCUT2D eigenvalue weighted by atomic mass is 10.2. The molecule has 7 nitrogen and oxygen atoms in total. The van der Waals surface area contributed by atoms with Gasteiger partial charge in [0.05, 0.1) is 7.11 Å². The number of rotatable bonds is 4. The van der Waals surface area contributed by atoms with Crippen LogP contribution in [-0.2, 0) is 0 Å². The second kappa shape index (κ2) is 8.00. The Morgan fingerprint density at radius 3 is 2.41 bits per heavy atom. The molecule has 0 aliphatic carbocycles. The van der Waals surface area contributed by atoms with E-state index >= 15 is 0 Å². The highest BCUT2D eigenvalue weighted by Gasteiger charge is 2.24. The molecular formula is C21H22FN5O2. The lowest BCUT2D eigenvalue weighted by Crippen LogP contribution is -2.47. The molecule has 0 bridgehead atoms. The van der Waals surface area contributed by atoms with E-state index in [0.29, 0.717) is 36.2 Å². The minimum atomic E-state index is -0.324. The van der Waals surface area contributed by atoms with Crippen molar-refractivity contribution in [3.63, 3.8) is 0 Å². The van der Waals surface area contributed by atoms with E-state index in [1.54, 1.807) is 42.3 Å². The summed E-state index contributed by atoms with van der Waals surface area (Å²) in [5.74, 6) is 0.614. The molecule has 3 heterocycles. The predicted octanol–water partition coefficient (Wildman–Crippen LogP) is 2.47. The number of piperazine rings is 1. The zero-order chi connectivity index (χ0) is 20.4. The van der Waals surface area contributed by atoms with Crippen molar-refractivity contribution in [1.29, 1.82) is 0 Å². The van der Waals surface area contributed by atoms with Gasteiger partial charge in [-0.1, -0.05) is 0 Å². The number of methoxy groups -OCH3 is 1. The quantitative estimate of drug-likeness (QED) is 0.679. The molecule has 0 N–H and O–H groups in total. The SMILES string of the molecule is COc1ccc(-c2nc(C(=O)N3CCN(C)CC3)cn2-c2ccc(F)cc2)cn1. The number of benzene rings is 1. The van der Waals surface area contributed by atoms with Gasteiger partial charge in [0.2, 0.25) is 5.88 Å². The fourth-order valence-corrected chi connectivity index (χ4v) is 3.29. The van der Waals surface area contributed by atoms with Crippen LogP contribution in [0.25, 0.3) is 17.1 Å². The van der Waals surface area contributed by atoms with Gasteiger partial charge in [0.15, 0.2) is 0 Å². The van der Waals surface area contributed by atoms with E-state index in [0.717, 1.165) is 18.7 Å². The van der Waals surface area contributed by atoms with Crippen LogP contribution in [0.4, 0.5) is 4.39 Å². The van der Waals surface area contributed by atoms with Crippen molar-refractivity contribution in [2.45, 2.75) is 0 Å². The number of imidazole rings is 1. The summed E-state index contributed by atoms with van der Waals surface area (Å²) in [4.78, 5) is 25.9. The van der Waals surface area contributed by atoms with E-state index in [-0.39, 0.29) is 11.7 Å². The van der Waals surface area contributed by atoms with Crippen molar-refractivity contribution in [2.24, 2.45) is 0 Å². The lowest BCUT2D eigenvalue weighted by molar-refractivity contribution is 0.0659. The van der Waals surface area contributed by atoms with Crippen LogP contribution in [0.3, 0.4) is 0 Å². The third kappa shape index (κ3) is 3.97. The van der Waals surface area contributed by atoms with Gasteiger partial charge in [-0.3, -0.25) is 9.36 Å². The van der Waals surface area contributed by atoms with Crippen molar-refractivity contribution in [3.05, 3.63) is 60.3 Å². The molecule has 0 atom stereocenters. The van der Waals surface area contributed by atoms with E-state index in [1.807, 2.05) is 18.0 Å². The summed E-state index contributed by atoms with van der Waals surface area (Å²) in [7, 11) is 3.59. The summed E-state index contributed by atoms with van der Waals surface area (Å²) in [6.07, 6.45) is 3.35. The number of hydrogen-bond acceptors (Lipinski definition) is 5. The summed E-state index contributed by atoms with van der Waals surface area (Å²) in [5, 5.41) is 0. The Hall–Kier alpha value is -3.26. The summed E-state index contributed by atoms with van der Waals surface area (Å²) in [6, 6.07) is 9.64. The van der Waals surface area contributed by atoms with Gasteiger partial charge in [0, 0.05) is 55.9 Å². The number of nitrogens with zero attached hydrogens (tertiary/aromatic N) is 5. The summed E-state index contributed by atoms with van der Waals surface area (Å²) >= 11 is 0. The molecule has 1 saturated heterocycles. The van der Waals surface area contributed by atoms with Crippen LogP contribution in [0, 0.1) is 5.82 Å². The van der Waals surface area contributed by atoms with Crippen LogP contribution < -0.4 is 4.74 Å². The molecule has 3 aromatic rings. The number of halogens is 1. The van der Waals surface area contributed by atoms with Crippen LogP contribution >= 0.6 is 0 Å². The van der Waals surface area contributed by atoms with E-state index in [2.05, 4.69) is 14.9 Å². The van der Waals surface area contributed by atoms with Crippen molar-refractivity contribution in [1.82, 2.24) is 24.3 Å². The molecule has 1 amide bonds. The van der Waals surface area contributed by atoms with Crippen LogP contribution in [0.15, 0.2) is 48.8 Å². The second-order valence-electron chi connectivity index (χ2n) is 6.98. The normalized spacial score (nSPS) is 14.8. The maximum atomic E-state index is 13.4. The zero-order valence-electron chi connectivity index (χ0n) is 16.4. The van der Waals surface area contributed by atoms with Crippen LogP contribution in [-0.4, -0.2) is 70.6 Å². The molecule has 29 heavy (non-hydrogen) atoms. The Kier molecular flexibility index (Phi) is 5.26. The van der Waals surface area contributed by atoms with Gasteiger partial charge < -0.3 is 14.5 Å². The summed E-state index contributed by atoms with van der Waals surface area (Å²) in [5.41, 5.74) is 1.79. The van der Waals surface area contributed by atoms with Crippen LogP contribution in [0.1, 0.15) is 10.5 Å². The number of pyridine rings is 1. The Balaban J connectivity index is 1.73. The van der Waals surface area contributed by atoms with Crippen molar-refractivity contribution in [3.8, 4) is 23.0 Å². The Labute approximate surface area is 168 Å². The molecule has 8 heteroatoms. The topological polar surface area (TPSA) is 63.5 Å². The van der Waals surface area contributed by atoms with E-state index in [4.69, 9.17) is 4.74 Å². The highest BCUT2D eigenvalue weighted by Crippen LogP contribution is 2.25. The predicted molar refractivity (Wildman–Crippen MR) is 107 cm³/mol. The van der Waals surface area contributed by atoms with Crippen LogP contribution in [0.5, 0.6) is 5.88 Å². The Bertz CT molecular complexity index is 993. The number of amides is 1. The van der Waals surface area contributed by atoms with E-state index in [9.17, 15) is 9.18 Å². The minimum absolute atomic E-state index is 0.110. The number of likely N-dealkylation sites (N-methyl/N-ethyl adjacent to an activating group) is 1. The van der Waals surface area contributed by atoms with Gasteiger partial charge in [-0.25, -0.2) is 14.4 Å².